The predicted molar refractivity (Wildman–Crippen MR) is 86.0 cm³/mol. The molecule has 2 N–H and O–H groups in total. The minimum Gasteiger partial charge on any atom is -0.399 e. The van der Waals surface area contributed by atoms with E-state index in [9.17, 15) is 0 Å². The van der Waals surface area contributed by atoms with Gasteiger partial charge in [0.2, 0.25) is 0 Å². The SMILES string of the molecule is CC1CCC(N(C)c2ccnc3cc(N)ccc23)CC1. The maximum absolute atomic E-state index is 5.85. The summed E-state index contributed by atoms with van der Waals surface area (Å²) in [5.41, 5.74) is 8.89. The average molecular weight is 269 g/mol. The van der Waals surface area contributed by atoms with Crippen LogP contribution in [0.25, 0.3) is 10.9 Å². The molecule has 0 bridgehead atoms. The summed E-state index contributed by atoms with van der Waals surface area (Å²) in [5.74, 6) is 0.883. The number of hydrogen-bond acceptors (Lipinski definition) is 3. The molecule has 0 aliphatic heterocycles. The second kappa shape index (κ2) is 5.31. The van der Waals surface area contributed by atoms with E-state index in [1.54, 1.807) is 0 Å². The molecule has 20 heavy (non-hydrogen) atoms. The molecule has 0 saturated heterocycles. The molecule has 0 radical (unpaired) electrons. The van der Waals surface area contributed by atoms with Crippen molar-refractivity contribution >= 4 is 22.3 Å². The average Bonchev–Trinajstić information content (AvgIpc) is 2.46. The van der Waals surface area contributed by atoms with E-state index < -0.39 is 0 Å². The Balaban J connectivity index is 1.93. The lowest BCUT2D eigenvalue weighted by Gasteiger charge is -2.35. The number of pyridine rings is 1. The lowest BCUT2D eigenvalue weighted by molar-refractivity contribution is 0.341. The number of nitrogens with zero attached hydrogens (tertiary/aromatic N) is 2. The highest BCUT2D eigenvalue weighted by Crippen LogP contribution is 2.32. The van der Waals surface area contributed by atoms with Gasteiger partial charge in [-0.15, -0.1) is 0 Å². The highest BCUT2D eigenvalue weighted by Gasteiger charge is 2.22. The third-order valence-corrected chi connectivity index (χ3v) is 4.66. The lowest BCUT2D eigenvalue weighted by Crippen LogP contribution is -2.34. The summed E-state index contributed by atoms with van der Waals surface area (Å²) in [6, 6.07) is 8.78. The summed E-state index contributed by atoms with van der Waals surface area (Å²) in [6.45, 7) is 2.36. The molecule has 1 aliphatic carbocycles. The van der Waals surface area contributed by atoms with Crippen LogP contribution in [0.2, 0.25) is 0 Å². The molecule has 3 rings (SSSR count). The molecule has 1 aromatic carbocycles. The summed E-state index contributed by atoms with van der Waals surface area (Å²) >= 11 is 0. The van der Waals surface area contributed by atoms with Gasteiger partial charge < -0.3 is 10.6 Å². The molecule has 106 valence electrons. The van der Waals surface area contributed by atoms with E-state index in [2.05, 4.69) is 36.0 Å². The van der Waals surface area contributed by atoms with Gasteiger partial charge in [0.1, 0.15) is 0 Å². The molecule has 0 amide bonds. The number of anilines is 2. The number of rotatable bonds is 2. The predicted octanol–water partition coefficient (Wildman–Crippen LogP) is 3.83. The van der Waals surface area contributed by atoms with Crippen LogP contribution < -0.4 is 10.6 Å². The number of fused-ring (bicyclic) bond motifs is 1. The van der Waals surface area contributed by atoms with E-state index in [4.69, 9.17) is 5.73 Å². The molecule has 1 aromatic heterocycles. The quantitative estimate of drug-likeness (QED) is 0.842. The van der Waals surface area contributed by atoms with Crippen LogP contribution in [0.3, 0.4) is 0 Å². The molecule has 0 atom stereocenters. The van der Waals surface area contributed by atoms with Crippen molar-refractivity contribution in [1.82, 2.24) is 4.98 Å². The van der Waals surface area contributed by atoms with Gasteiger partial charge in [0.15, 0.2) is 0 Å². The summed E-state index contributed by atoms with van der Waals surface area (Å²) in [4.78, 5) is 6.87. The fourth-order valence-electron chi connectivity index (χ4n) is 3.28. The smallest absolute Gasteiger partial charge is 0.0743 e. The molecule has 3 heteroatoms. The van der Waals surface area contributed by atoms with Crippen molar-refractivity contribution in [2.24, 2.45) is 5.92 Å². The highest BCUT2D eigenvalue weighted by atomic mass is 15.1. The minimum atomic E-state index is 0.648. The Morgan fingerprint density at radius 1 is 1.15 bits per heavy atom. The van der Waals surface area contributed by atoms with Gasteiger partial charge in [-0.25, -0.2) is 0 Å². The second-order valence-electron chi connectivity index (χ2n) is 6.13. The van der Waals surface area contributed by atoms with Crippen LogP contribution in [0.15, 0.2) is 30.5 Å². The topological polar surface area (TPSA) is 42.2 Å². The van der Waals surface area contributed by atoms with Crippen LogP contribution in [0.1, 0.15) is 32.6 Å². The zero-order valence-electron chi connectivity index (χ0n) is 12.3. The van der Waals surface area contributed by atoms with Crippen LogP contribution in [0.5, 0.6) is 0 Å². The molecule has 1 fully saturated rings. The number of nitrogens with two attached hydrogens (primary N) is 1. The standard InChI is InChI=1S/C17H23N3/c1-12-3-6-14(7-4-12)20(2)17-9-10-19-16-11-13(18)5-8-15(16)17/h5,8-12,14H,3-4,6-7,18H2,1-2H3. The van der Waals surface area contributed by atoms with E-state index in [1.807, 2.05) is 18.3 Å². The van der Waals surface area contributed by atoms with Gasteiger partial charge in [0.05, 0.1) is 5.52 Å². The lowest BCUT2D eigenvalue weighted by atomic mass is 9.86. The Morgan fingerprint density at radius 3 is 2.65 bits per heavy atom. The van der Waals surface area contributed by atoms with E-state index >= 15 is 0 Å². The van der Waals surface area contributed by atoms with Gasteiger partial charge in [0.25, 0.3) is 0 Å². The van der Waals surface area contributed by atoms with Crippen molar-refractivity contribution in [2.45, 2.75) is 38.6 Å². The van der Waals surface area contributed by atoms with E-state index in [0.29, 0.717) is 6.04 Å². The molecular weight excluding hydrogens is 246 g/mol. The Labute approximate surface area is 120 Å². The second-order valence-corrected chi connectivity index (χ2v) is 6.13. The molecule has 1 heterocycles. The van der Waals surface area contributed by atoms with E-state index in [1.165, 1.54) is 36.8 Å². The third kappa shape index (κ3) is 2.45. The molecule has 1 saturated carbocycles. The van der Waals surface area contributed by atoms with Gasteiger partial charge in [-0.3, -0.25) is 4.98 Å². The van der Waals surface area contributed by atoms with Crippen LogP contribution in [0, 0.1) is 5.92 Å². The number of benzene rings is 1. The Hall–Kier alpha value is -1.77. The van der Waals surface area contributed by atoms with Crippen LogP contribution >= 0.6 is 0 Å². The highest BCUT2D eigenvalue weighted by molar-refractivity contribution is 5.93. The zero-order chi connectivity index (χ0) is 14.1. The van der Waals surface area contributed by atoms with Crippen molar-refractivity contribution in [2.75, 3.05) is 17.7 Å². The maximum Gasteiger partial charge on any atom is 0.0743 e. The van der Waals surface area contributed by atoms with Crippen molar-refractivity contribution < 1.29 is 0 Å². The first-order valence-electron chi connectivity index (χ1n) is 7.52. The van der Waals surface area contributed by atoms with Gasteiger partial charge >= 0.3 is 0 Å². The number of aromatic nitrogens is 1. The number of nitrogen functional groups attached to an aromatic ring is 1. The van der Waals surface area contributed by atoms with E-state index in [0.717, 1.165) is 17.1 Å². The number of hydrogen-bond donors (Lipinski definition) is 1. The molecule has 2 aromatic rings. The Kier molecular flexibility index (Phi) is 3.51. The first-order chi connectivity index (χ1) is 9.65. The third-order valence-electron chi connectivity index (χ3n) is 4.66. The first-order valence-corrected chi connectivity index (χ1v) is 7.52. The van der Waals surface area contributed by atoms with Crippen molar-refractivity contribution in [1.29, 1.82) is 0 Å². The summed E-state index contributed by atoms with van der Waals surface area (Å²) in [7, 11) is 2.21. The molecule has 0 spiro atoms. The monoisotopic (exact) mass is 269 g/mol. The minimum absolute atomic E-state index is 0.648. The fourth-order valence-corrected chi connectivity index (χ4v) is 3.28. The van der Waals surface area contributed by atoms with Crippen molar-refractivity contribution in [3.8, 4) is 0 Å². The van der Waals surface area contributed by atoms with Gasteiger partial charge in [-0.05, 0) is 55.9 Å². The Morgan fingerprint density at radius 2 is 1.90 bits per heavy atom. The molecule has 0 unspecified atom stereocenters. The van der Waals surface area contributed by atoms with Crippen molar-refractivity contribution in [3.05, 3.63) is 30.5 Å². The van der Waals surface area contributed by atoms with Crippen LogP contribution in [-0.2, 0) is 0 Å². The summed E-state index contributed by atoms with van der Waals surface area (Å²) < 4.78 is 0. The zero-order valence-corrected chi connectivity index (χ0v) is 12.3. The largest absolute Gasteiger partial charge is 0.399 e. The summed E-state index contributed by atoms with van der Waals surface area (Å²) in [6.07, 6.45) is 7.14. The van der Waals surface area contributed by atoms with Gasteiger partial charge in [-0.1, -0.05) is 6.92 Å². The van der Waals surface area contributed by atoms with Gasteiger partial charge in [0, 0.05) is 36.0 Å². The molecular formula is C17H23N3. The van der Waals surface area contributed by atoms with E-state index in [-0.39, 0.29) is 0 Å². The van der Waals surface area contributed by atoms with Crippen LogP contribution in [0.4, 0.5) is 11.4 Å². The van der Waals surface area contributed by atoms with Gasteiger partial charge in [-0.2, -0.15) is 0 Å². The molecule has 1 aliphatic rings. The summed E-state index contributed by atoms with van der Waals surface area (Å²) in [5, 5.41) is 1.20. The van der Waals surface area contributed by atoms with Crippen LogP contribution in [-0.4, -0.2) is 18.1 Å². The van der Waals surface area contributed by atoms with Crippen molar-refractivity contribution in [3.63, 3.8) is 0 Å². The normalized spacial score (nSPS) is 22.9. The Bertz CT molecular complexity index is 600. The maximum atomic E-state index is 5.85. The fraction of sp³-hybridized carbons (Fsp3) is 0.471. The molecule has 3 nitrogen and oxygen atoms in total. The first kappa shape index (κ1) is 13.2.